The molecule has 5 atom stereocenters. The van der Waals surface area contributed by atoms with E-state index in [-0.39, 0.29) is 6.61 Å². The Balaban J connectivity index is 1.52. The van der Waals surface area contributed by atoms with Crippen molar-refractivity contribution in [3.8, 4) is 0 Å². The molecule has 6 heteroatoms. The molecule has 0 aromatic heterocycles. The van der Waals surface area contributed by atoms with E-state index >= 15 is 0 Å². The topological polar surface area (TPSA) is 66.4 Å². The maximum Gasteiger partial charge on any atom is 0.186 e. The summed E-state index contributed by atoms with van der Waals surface area (Å²) in [5.41, 5.74) is 3.14. The van der Waals surface area contributed by atoms with E-state index in [0.29, 0.717) is 26.4 Å². The van der Waals surface area contributed by atoms with Gasteiger partial charge in [0.1, 0.15) is 24.4 Å². The predicted molar refractivity (Wildman–Crippen MR) is 160 cm³/mol. The van der Waals surface area contributed by atoms with Gasteiger partial charge in [-0.15, -0.1) is 0 Å². The lowest BCUT2D eigenvalue weighted by molar-refractivity contribution is -0.326. The Kier molecular flexibility index (Phi) is 13.8. The quantitative estimate of drug-likeness (QED) is 0.171. The largest absolute Gasteiger partial charge is 0.394 e. The molecule has 0 spiro atoms. The third-order valence-corrected chi connectivity index (χ3v) is 7.41. The molecule has 1 aliphatic heterocycles. The van der Waals surface area contributed by atoms with Gasteiger partial charge in [-0.1, -0.05) is 130 Å². The van der Waals surface area contributed by atoms with E-state index in [2.05, 4.69) is 6.92 Å². The van der Waals surface area contributed by atoms with Crippen molar-refractivity contribution in [2.45, 2.75) is 96.0 Å². The van der Waals surface area contributed by atoms with Gasteiger partial charge in [0.25, 0.3) is 0 Å². The van der Waals surface area contributed by atoms with Crippen LogP contribution in [-0.2, 0) is 43.5 Å². The van der Waals surface area contributed by atoms with Gasteiger partial charge in [-0.3, -0.25) is 0 Å². The standard InChI is InChI=1S/C35H46O6/c1-2-3-4-5-6-16-23-37-35-34(40-27-30-21-14-9-15-22-30)33(39-26-29-19-12-8-13-20-29)32(31(24-36)41-35)38-25-28-17-10-7-11-18-28/h7-15,17-22,31-36H,2-6,16,23-27H2,1H3/t31-,32-,33+,34-,35-/m1/s1. The first kappa shape index (κ1) is 31.4. The Morgan fingerprint density at radius 1 is 0.561 bits per heavy atom. The van der Waals surface area contributed by atoms with Crippen molar-refractivity contribution in [2.75, 3.05) is 13.2 Å². The van der Waals surface area contributed by atoms with Crippen LogP contribution in [0.4, 0.5) is 0 Å². The SMILES string of the molecule is CCCCCCCCO[C@@H]1O[C@H](CO)[C@@H](OCc2ccccc2)[C@H](OCc2ccccc2)[C@H]1OCc1ccccc1. The van der Waals surface area contributed by atoms with Crippen LogP contribution in [0.25, 0.3) is 0 Å². The van der Waals surface area contributed by atoms with Crippen molar-refractivity contribution >= 4 is 0 Å². The van der Waals surface area contributed by atoms with Crippen molar-refractivity contribution in [2.24, 2.45) is 0 Å². The zero-order valence-corrected chi connectivity index (χ0v) is 24.3. The number of unbranched alkanes of at least 4 members (excludes halogenated alkanes) is 5. The van der Waals surface area contributed by atoms with Crippen molar-refractivity contribution in [1.29, 1.82) is 0 Å². The molecule has 0 unspecified atom stereocenters. The van der Waals surface area contributed by atoms with Gasteiger partial charge in [0.05, 0.1) is 26.4 Å². The number of ether oxygens (including phenoxy) is 5. The van der Waals surface area contributed by atoms with Gasteiger partial charge in [-0.05, 0) is 23.1 Å². The molecule has 1 fully saturated rings. The maximum atomic E-state index is 10.4. The Morgan fingerprint density at radius 3 is 1.54 bits per heavy atom. The molecule has 3 aromatic carbocycles. The van der Waals surface area contributed by atoms with Crippen molar-refractivity contribution in [3.05, 3.63) is 108 Å². The summed E-state index contributed by atoms with van der Waals surface area (Å²) < 4.78 is 32.2. The number of hydrogen-bond donors (Lipinski definition) is 1. The average Bonchev–Trinajstić information content (AvgIpc) is 3.03. The molecule has 0 bridgehead atoms. The lowest BCUT2D eigenvalue weighted by Gasteiger charge is -2.45. The highest BCUT2D eigenvalue weighted by molar-refractivity contribution is 5.15. The van der Waals surface area contributed by atoms with Gasteiger partial charge < -0.3 is 28.8 Å². The van der Waals surface area contributed by atoms with E-state index in [1.165, 1.54) is 25.7 Å². The molecule has 6 nitrogen and oxygen atoms in total. The third kappa shape index (κ3) is 10.3. The highest BCUT2D eigenvalue weighted by atomic mass is 16.7. The second-order valence-corrected chi connectivity index (χ2v) is 10.6. The number of rotatable bonds is 18. The molecule has 0 saturated carbocycles. The fourth-order valence-electron chi connectivity index (χ4n) is 5.11. The van der Waals surface area contributed by atoms with Crippen LogP contribution in [0.15, 0.2) is 91.0 Å². The molecular weight excluding hydrogens is 516 g/mol. The highest BCUT2D eigenvalue weighted by Gasteiger charge is 2.48. The minimum atomic E-state index is -0.691. The monoisotopic (exact) mass is 562 g/mol. The second-order valence-electron chi connectivity index (χ2n) is 10.6. The zero-order valence-electron chi connectivity index (χ0n) is 24.3. The van der Waals surface area contributed by atoms with Crippen LogP contribution >= 0.6 is 0 Å². The predicted octanol–water partition coefficient (Wildman–Crippen LogP) is 6.84. The molecule has 41 heavy (non-hydrogen) atoms. The summed E-state index contributed by atoms with van der Waals surface area (Å²) in [6.45, 7) is 3.69. The van der Waals surface area contributed by atoms with Gasteiger partial charge in [0.15, 0.2) is 6.29 Å². The smallest absolute Gasteiger partial charge is 0.186 e. The number of aliphatic hydroxyl groups is 1. The lowest BCUT2D eigenvalue weighted by Crippen LogP contribution is -2.61. The van der Waals surface area contributed by atoms with E-state index in [1.54, 1.807) is 0 Å². The molecule has 1 N–H and O–H groups in total. The van der Waals surface area contributed by atoms with Crippen LogP contribution in [0.1, 0.15) is 62.1 Å². The van der Waals surface area contributed by atoms with Gasteiger partial charge in [-0.2, -0.15) is 0 Å². The number of benzene rings is 3. The van der Waals surface area contributed by atoms with Crippen molar-refractivity contribution in [1.82, 2.24) is 0 Å². The fraction of sp³-hybridized carbons (Fsp3) is 0.486. The summed E-state index contributed by atoms with van der Waals surface area (Å²) in [5.74, 6) is 0. The number of aliphatic hydroxyl groups excluding tert-OH is 1. The highest BCUT2D eigenvalue weighted by Crippen LogP contribution is 2.31. The van der Waals surface area contributed by atoms with Crippen LogP contribution in [0.3, 0.4) is 0 Å². The zero-order chi connectivity index (χ0) is 28.5. The average molecular weight is 563 g/mol. The van der Waals surface area contributed by atoms with E-state index in [1.807, 2.05) is 91.0 Å². The maximum absolute atomic E-state index is 10.4. The van der Waals surface area contributed by atoms with Gasteiger partial charge in [0, 0.05) is 6.61 Å². The van der Waals surface area contributed by atoms with E-state index < -0.39 is 30.7 Å². The summed E-state index contributed by atoms with van der Waals surface area (Å²) in [6, 6.07) is 30.1. The van der Waals surface area contributed by atoms with Gasteiger partial charge >= 0.3 is 0 Å². The molecular formula is C35H46O6. The number of hydrogen-bond acceptors (Lipinski definition) is 6. The van der Waals surface area contributed by atoms with E-state index in [4.69, 9.17) is 23.7 Å². The summed E-state index contributed by atoms with van der Waals surface area (Å²) in [5, 5.41) is 10.4. The van der Waals surface area contributed by atoms with Crippen molar-refractivity contribution < 1.29 is 28.8 Å². The first-order chi connectivity index (χ1) is 20.3. The van der Waals surface area contributed by atoms with Crippen LogP contribution in [0.5, 0.6) is 0 Å². The van der Waals surface area contributed by atoms with Gasteiger partial charge in [-0.25, -0.2) is 0 Å². The first-order valence-corrected chi connectivity index (χ1v) is 15.1. The minimum Gasteiger partial charge on any atom is -0.394 e. The molecule has 3 aromatic rings. The summed E-state index contributed by atoms with van der Waals surface area (Å²) in [4.78, 5) is 0. The fourth-order valence-corrected chi connectivity index (χ4v) is 5.11. The van der Waals surface area contributed by atoms with Crippen LogP contribution in [-0.4, -0.2) is 49.0 Å². The molecule has 1 aliphatic rings. The van der Waals surface area contributed by atoms with Gasteiger partial charge in [0.2, 0.25) is 0 Å². The van der Waals surface area contributed by atoms with E-state index in [0.717, 1.165) is 29.5 Å². The molecule has 0 radical (unpaired) electrons. The van der Waals surface area contributed by atoms with Crippen LogP contribution in [0.2, 0.25) is 0 Å². The molecule has 1 saturated heterocycles. The molecule has 1 heterocycles. The summed E-state index contributed by atoms with van der Waals surface area (Å²) >= 11 is 0. The Morgan fingerprint density at radius 2 is 1.02 bits per heavy atom. The Bertz CT molecular complexity index is 1060. The minimum absolute atomic E-state index is 0.215. The Hall–Kier alpha value is -2.58. The van der Waals surface area contributed by atoms with Crippen LogP contribution < -0.4 is 0 Å². The lowest BCUT2D eigenvalue weighted by atomic mass is 9.98. The molecule has 4 rings (SSSR count). The van der Waals surface area contributed by atoms with Crippen molar-refractivity contribution in [3.63, 3.8) is 0 Å². The molecule has 0 aliphatic carbocycles. The first-order valence-electron chi connectivity index (χ1n) is 15.1. The Labute approximate surface area is 245 Å². The van der Waals surface area contributed by atoms with Crippen LogP contribution in [0, 0.1) is 0 Å². The van der Waals surface area contributed by atoms with E-state index in [9.17, 15) is 5.11 Å². The molecule has 222 valence electrons. The third-order valence-electron chi connectivity index (χ3n) is 7.41. The molecule has 0 amide bonds. The second kappa shape index (κ2) is 18.1. The normalized spacial score (nSPS) is 22.5. The summed E-state index contributed by atoms with van der Waals surface area (Å²) in [7, 11) is 0. The summed E-state index contributed by atoms with van der Waals surface area (Å²) in [6.07, 6.45) is 4.07.